The smallest absolute Gasteiger partial charge is 0.274 e. The lowest BCUT2D eigenvalue weighted by Crippen LogP contribution is -2.29. The van der Waals surface area contributed by atoms with Crippen molar-refractivity contribution in [1.29, 1.82) is 5.26 Å². The molecule has 0 unspecified atom stereocenters. The molecular weight excluding hydrogens is 316 g/mol. The van der Waals surface area contributed by atoms with E-state index in [1.165, 1.54) is 0 Å². The zero-order chi connectivity index (χ0) is 18.2. The maximum Gasteiger partial charge on any atom is 0.274 e. The van der Waals surface area contributed by atoms with Crippen molar-refractivity contribution in [2.45, 2.75) is 19.8 Å². The van der Waals surface area contributed by atoms with Crippen LogP contribution in [-0.2, 0) is 0 Å². The van der Waals surface area contributed by atoms with Gasteiger partial charge in [0.2, 0.25) is 0 Å². The molecule has 128 valence electrons. The number of pyridine rings is 1. The molecule has 0 saturated heterocycles. The zero-order valence-electron chi connectivity index (χ0n) is 14.3. The molecule has 1 N–H and O–H groups in total. The Kier molecular flexibility index (Phi) is 6.24. The average molecular weight is 336 g/mol. The third-order valence-electron chi connectivity index (χ3n) is 3.67. The van der Waals surface area contributed by atoms with E-state index in [1.54, 1.807) is 54.4 Å². The van der Waals surface area contributed by atoms with Crippen molar-refractivity contribution in [3.8, 4) is 6.07 Å². The van der Waals surface area contributed by atoms with Crippen LogP contribution < -0.4 is 5.32 Å². The monoisotopic (exact) mass is 336 g/mol. The number of unbranched alkanes of at least 4 members (excludes halogenated alkanes) is 1. The molecule has 0 radical (unpaired) electrons. The molecule has 2 rings (SSSR count). The van der Waals surface area contributed by atoms with Crippen LogP contribution in [0.15, 0.2) is 42.5 Å². The molecule has 2 aromatic rings. The van der Waals surface area contributed by atoms with Crippen LogP contribution in [0.5, 0.6) is 0 Å². The van der Waals surface area contributed by atoms with E-state index in [0.717, 1.165) is 12.8 Å². The summed E-state index contributed by atoms with van der Waals surface area (Å²) in [5.74, 6) is -0.614. The van der Waals surface area contributed by atoms with Gasteiger partial charge in [-0.15, -0.1) is 0 Å². The third-order valence-corrected chi connectivity index (χ3v) is 3.67. The van der Waals surface area contributed by atoms with Crippen LogP contribution in [0.2, 0.25) is 0 Å². The fourth-order valence-corrected chi connectivity index (χ4v) is 2.20. The average Bonchev–Trinajstić information content (AvgIpc) is 2.66. The highest BCUT2D eigenvalue weighted by Crippen LogP contribution is 2.11. The maximum absolute atomic E-state index is 12.4. The summed E-state index contributed by atoms with van der Waals surface area (Å²) in [5.41, 5.74) is 1.48. The molecule has 6 nitrogen and oxygen atoms in total. The van der Waals surface area contributed by atoms with E-state index in [0.29, 0.717) is 17.8 Å². The molecule has 2 amide bonds. The van der Waals surface area contributed by atoms with Gasteiger partial charge in [-0.2, -0.15) is 5.26 Å². The van der Waals surface area contributed by atoms with Crippen molar-refractivity contribution in [1.82, 2.24) is 9.88 Å². The highest BCUT2D eigenvalue weighted by molar-refractivity contribution is 6.03. The van der Waals surface area contributed by atoms with Crippen molar-refractivity contribution in [3.05, 3.63) is 59.4 Å². The Morgan fingerprint density at radius 2 is 1.84 bits per heavy atom. The number of carbonyl (C=O) groups is 2. The van der Waals surface area contributed by atoms with E-state index in [2.05, 4.69) is 17.2 Å². The van der Waals surface area contributed by atoms with Gasteiger partial charge >= 0.3 is 0 Å². The Hall–Kier alpha value is -3.20. The number of nitrogens with zero attached hydrogens (tertiary/aromatic N) is 3. The standard InChI is InChI=1S/C19H20N4O2/c1-3-4-12-23(2)19(25)17-7-5-6-16(22-17)18(24)21-15-10-8-14(13-20)9-11-15/h5-11H,3-4,12H2,1-2H3,(H,21,24). The summed E-state index contributed by atoms with van der Waals surface area (Å²) in [5, 5.41) is 11.5. The van der Waals surface area contributed by atoms with Crippen LogP contribution in [0.1, 0.15) is 46.3 Å². The van der Waals surface area contributed by atoms with Gasteiger partial charge in [0.25, 0.3) is 11.8 Å². The van der Waals surface area contributed by atoms with Crippen LogP contribution >= 0.6 is 0 Å². The van der Waals surface area contributed by atoms with Crippen LogP contribution in [0.3, 0.4) is 0 Å². The topological polar surface area (TPSA) is 86.1 Å². The summed E-state index contributed by atoms with van der Waals surface area (Å²) in [7, 11) is 1.73. The van der Waals surface area contributed by atoms with E-state index in [9.17, 15) is 9.59 Å². The lowest BCUT2D eigenvalue weighted by atomic mass is 10.2. The van der Waals surface area contributed by atoms with Gasteiger partial charge in [0.05, 0.1) is 11.6 Å². The fraction of sp³-hybridized carbons (Fsp3) is 0.263. The molecular formula is C19H20N4O2. The Labute approximate surface area is 147 Å². The molecule has 6 heteroatoms. The predicted molar refractivity (Wildman–Crippen MR) is 95.2 cm³/mol. The molecule has 1 aromatic heterocycles. The van der Waals surface area contributed by atoms with Crippen LogP contribution in [0.25, 0.3) is 0 Å². The first-order chi connectivity index (χ1) is 12.0. The van der Waals surface area contributed by atoms with E-state index in [-0.39, 0.29) is 17.3 Å². The molecule has 0 aliphatic heterocycles. The minimum Gasteiger partial charge on any atom is -0.340 e. The van der Waals surface area contributed by atoms with Crippen molar-refractivity contribution in [2.24, 2.45) is 0 Å². The summed E-state index contributed by atoms with van der Waals surface area (Å²) in [6, 6.07) is 13.3. The van der Waals surface area contributed by atoms with Crippen molar-refractivity contribution >= 4 is 17.5 Å². The Morgan fingerprint density at radius 3 is 2.48 bits per heavy atom. The molecule has 0 aliphatic carbocycles. The fourth-order valence-electron chi connectivity index (χ4n) is 2.20. The molecule has 0 saturated carbocycles. The first-order valence-corrected chi connectivity index (χ1v) is 8.09. The highest BCUT2D eigenvalue weighted by Gasteiger charge is 2.15. The maximum atomic E-state index is 12.4. The predicted octanol–water partition coefficient (Wildman–Crippen LogP) is 3.08. The van der Waals surface area contributed by atoms with Gasteiger partial charge in [0.15, 0.2) is 0 Å². The highest BCUT2D eigenvalue weighted by atomic mass is 16.2. The second-order valence-corrected chi connectivity index (χ2v) is 5.63. The normalized spacial score (nSPS) is 9.96. The number of rotatable bonds is 6. The minimum atomic E-state index is -0.407. The number of nitrogens with one attached hydrogen (secondary N) is 1. The van der Waals surface area contributed by atoms with Crippen LogP contribution in [0, 0.1) is 11.3 Å². The van der Waals surface area contributed by atoms with E-state index in [4.69, 9.17) is 5.26 Å². The zero-order valence-corrected chi connectivity index (χ0v) is 14.3. The van der Waals surface area contributed by atoms with Gasteiger partial charge in [-0.05, 0) is 42.8 Å². The number of amides is 2. The summed E-state index contributed by atoms with van der Waals surface area (Å²) in [4.78, 5) is 30.5. The number of carbonyl (C=O) groups excluding carboxylic acids is 2. The number of nitriles is 1. The van der Waals surface area contributed by atoms with E-state index < -0.39 is 5.91 Å². The van der Waals surface area contributed by atoms with E-state index >= 15 is 0 Å². The van der Waals surface area contributed by atoms with Gasteiger partial charge < -0.3 is 10.2 Å². The van der Waals surface area contributed by atoms with Crippen molar-refractivity contribution in [2.75, 3.05) is 18.9 Å². The number of hydrogen-bond acceptors (Lipinski definition) is 4. The largest absolute Gasteiger partial charge is 0.340 e. The summed E-state index contributed by atoms with van der Waals surface area (Å²) in [6.07, 6.45) is 1.92. The number of aromatic nitrogens is 1. The lowest BCUT2D eigenvalue weighted by molar-refractivity contribution is 0.0787. The molecule has 1 aromatic carbocycles. The van der Waals surface area contributed by atoms with E-state index in [1.807, 2.05) is 6.07 Å². The number of anilines is 1. The van der Waals surface area contributed by atoms with Gasteiger partial charge in [0, 0.05) is 19.3 Å². The molecule has 0 fully saturated rings. The minimum absolute atomic E-state index is 0.166. The van der Waals surface area contributed by atoms with Crippen LogP contribution in [-0.4, -0.2) is 35.3 Å². The molecule has 0 atom stereocenters. The molecule has 1 heterocycles. The first kappa shape index (κ1) is 18.1. The summed E-state index contributed by atoms with van der Waals surface area (Å²) < 4.78 is 0. The SMILES string of the molecule is CCCCN(C)C(=O)c1cccc(C(=O)Nc2ccc(C#N)cc2)n1. The molecule has 0 aliphatic rings. The van der Waals surface area contributed by atoms with Gasteiger partial charge in [-0.1, -0.05) is 19.4 Å². The van der Waals surface area contributed by atoms with Gasteiger partial charge in [-0.3, -0.25) is 9.59 Å². The number of benzene rings is 1. The Morgan fingerprint density at radius 1 is 1.16 bits per heavy atom. The quantitative estimate of drug-likeness (QED) is 0.878. The summed E-state index contributed by atoms with van der Waals surface area (Å²) in [6.45, 7) is 2.71. The van der Waals surface area contributed by atoms with Gasteiger partial charge in [0.1, 0.15) is 11.4 Å². The van der Waals surface area contributed by atoms with Crippen molar-refractivity contribution in [3.63, 3.8) is 0 Å². The Balaban J connectivity index is 2.10. The third kappa shape index (κ3) is 4.88. The van der Waals surface area contributed by atoms with Crippen molar-refractivity contribution < 1.29 is 9.59 Å². The first-order valence-electron chi connectivity index (χ1n) is 8.09. The second kappa shape index (κ2) is 8.60. The molecule has 0 spiro atoms. The Bertz CT molecular complexity index is 794. The number of hydrogen-bond donors (Lipinski definition) is 1. The molecule has 25 heavy (non-hydrogen) atoms. The van der Waals surface area contributed by atoms with Gasteiger partial charge in [-0.25, -0.2) is 4.98 Å². The van der Waals surface area contributed by atoms with Crippen LogP contribution in [0.4, 0.5) is 5.69 Å². The second-order valence-electron chi connectivity index (χ2n) is 5.63. The lowest BCUT2D eigenvalue weighted by Gasteiger charge is -2.16. The summed E-state index contributed by atoms with van der Waals surface area (Å²) >= 11 is 0. The molecule has 0 bridgehead atoms.